The predicted molar refractivity (Wildman–Crippen MR) is 61.1 cm³/mol. The Labute approximate surface area is 103 Å². The average molecular weight is 273 g/mol. The van der Waals surface area contributed by atoms with Gasteiger partial charge in [-0.05, 0) is 18.6 Å². The minimum Gasteiger partial charge on any atom is -0.373 e. The van der Waals surface area contributed by atoms with Crippen LogP contribution in [0.1, 0.15) is 11.1 Å². The lowest BCUT2D eigenvalue weighted by Gasteiger charge is -2.09. The Morgan fingerprint density at radius 1 is 1.56 bits per heavy atom. The van der Waals surface area contributed by atoms with Crippen LogP contribution in [0, 0.1) is 17.0 Å². The third-order valence-corrected chi connectivity index (χ3v) is 3.83. The number of hydrogen-bond acceptors (Lipinski definition) is 5. The second kappa shape index (κ2) is 4.30. The third-order valence-electron chi connectivity index (χ3n) is 2.83. The first-order chi connectivity index (χ1) is 8.30. The molecule has 0 saturated carbocycles. The molecule has 0 amide bonds. The van der Waals surface area contributed by atoms with Gasteiger partial charge in [-0.3, -0.25) is 14.7 Å². The molecule has 1 aliphatic heterocycles. The van der Waals surface area contributed by atoms with Crippen LogP contribution >= 0.6 is 0 Å². The number of ether oxygens (including phenoxy) is 1. The summed E-state index contributed by atoms with van der Waals surface area (Å²) in [7, 11) is -4.38. The Hall–Kier alpha value is -1.51. The van der Waals surface area contributed by atoms with Crippen LogP contribution in [-0.4, -0.2) is 30.6 Å². The van der Waals surface area contributed by atoms with Gasteiger partial charge in [-0.15, -0.1) is 0 Å². The van der Waals surface area contributed by atoms with Gasteiger partial charge in [-0.2, -0.15) is 8.42 Å². The van der Waals surface area contributed by atoms with Crippen LogP contribution < -0.4 is 0 Å². The number of epoxide rings is 1. The second-order valence-corrected chi connectivity index (χ2v) is 5.47. The number of rotatable bonds is 4. The zero-order valence-electron chi connectivity index (χ0n) is 9.49. The molecule has 1 aromatic rings. The fourth-order valence-electron chi connectivity index (χ4n) is 1.84. The van der Waals surface area contributed by atoms with E-state index in [2.05, 4.69) is 0 Å². The van der Waals surface area contributed by atoms with Gasteiger partial charge in [0.15, 0.2) is 0 Å². The molecule has 1 fully saturated rings. The number of nitro benzene ring substituents is 1. The average Bonchev–Trinajstić information content (AvgIpc) is 3.02. The first-order valence-electron chi connectivity index (χ1n) is 5.16. The molecule has 1 aliphatic rings. The van der Waals surface area contributed by atoms with Crippen LogP contribution in [0.5, 0.6) is 0 Å². The van der Waals surface area contributed by atoms with Crippen LogP contribution in [0.2, 0.25) is 0 Å². The fourth-order valence-corrected chi connectivity index (χ4v) is 2.59. The third kappa shape index (κ3) is 2.50. The zero-order valence-corrected chi connectivity index (χ0v) is 10.3. The maximum Gasteiger partial charge on any atom is 0.294 e. The van der Waals surface area contributed by atoms with Gasteiger partial charge in [0.1, 0.15) is 0 Å². The molecule has 1 saturated heterocycles. The molecule has 0 aliphatic carbocycles. The standard InChI is InChI=1S/C10H11NO6S/c1-6-8(4-7-5-17-7)9(11(12)13)2-3-10(6)18(14,15)16/h2-3,7H,4-5H2,1H3,(H,14,15,16)/t7-/m1/s1. The molecule has 1 N–H and O–H groups in total. The highest BCUT2D eigenvalue weighted by atomic mass is 32.2. The first kappa shape index (κ1) is 12.9. The summed E-state index contributed by atoms with van der Waals surface area (Å²) < 4.78 is 36.3. The molecule has 2 rings (SSSR count). The van der Waals surface area contributed by atoms with E-state index in [0.717, 1.165) is 12.1 Å². The van der Waals surface area contributed by atoms with Crippen molar-refractivity contribution in [3.63, 3.8) is 0 Å². The largest absolute Gasteiger partial charge is 0.373 e. The molecule has 1 atom stereocenters. The van der Waals surface area contributed by atoms with Gasteiger partial charge < -0.3 is 4.74 Å². The maximum absolute atomic E-state index is 11.1. The van der Waals surface area contributed by atoms with E-state index in [4.69, 9.17) is 9.29 Å². The lowest BCUT2D eigenvalue weighted by atomic mass is 10.0. The van der Waals surface area contributed by atoms with Gasteiger partial charge in [-0.25, -0.2) is 0 Å². The Morgan fingerprint density at radius 3 is 2.61 bits per heavy atom. The van der Waals surface area contributed by atoms with Crippen molar-refractivity contribution in [1.82, 2.24) is 0 Å². The van der Waals surface area contributed by atoms with Crippen molar-refractivity contribution >= 4 is 15.8 Å². The summed E-state index contributed by atoms with van der Waals surface area (Å²) in [5.74, 6) is 0. The van der Waals surface area contributed by atoms with E-state index in [1.807, 2.05) is 0 Å². The number of benzene rings is 1. The summed E-state index contributed by atoms with van der Waals surface area (Å²) in [5, 5.41) is 10.9. The lowest BCUT2D eigenvalue weighted by Crippen LogP contribution is -2.08. The van der Waals surface area contributed by atoms with Crippen LogP contribution in [-0.2, 0) is 21.3 Å². The van der Waals surface area contributed by atoms with Crippen LogP contribution in [0.4, 0.5) is 5.69 Å². The van der Waals surface area contributed by atoms with Crippen molar-refractivity contribution in [2.45, 2.75) is 24.3 Å². The number of nitrogens with zero attached hydrogens (tertiary/aromatic N) is 1. The highest BCUT2D eigenvalue weighted by molar-refractivity contribution is 7.85. The fraction of sp³-hybridized carbons (Fsp3) is 0.400. The highest BCUT2D eigenvalue weighted by Crippen LogP contribution is 2.31. The van der Waals surface area contributed by atoms with Crippen molar-refractivity contribution in [2.75, 3.05) is 6.61 Å². The molecule has 7 nitrogen and oxygen atoms in total. The van der Waals surface area contributed by atoms with Crippen molar-refractivity contribution in [3.8, 4) is 0 Å². The Kier molecular flexibility index (Phi) is 3.09. The molecule has 98 valence electrons. The van der Waals surface area contributed by atoms with Gasteiger partial charge in [0.2, 0.25) is 0 Å². The van der Waals surface area contributed by atoms with Gasteiger partial charge in [0, 0.05) is 18.1 Å². The van der Waals surface area contributed by atoms with E-state index >= 15 is 0 Å². The van der Waals surface area contributed by atoms with Crippen molar-refractivity contribution in [1.29, 1.82) is 0 Å². The SMILES string of the molecule is Cc1c(S(=O)(=O)O)ccc([N+](=O)[O-])c1C[C@@H]1CO1. The molecule has 0 unspecified atom stereocenters. The minimum atomic E-state index is -4.38. The van der Waals surface area contributed by atoms with Gasteiger partial charge >= 0.3 is 0 Å². The van der Waals surface area contributed by atoms with E-state index < -0.39 is 15.0 Å². The van der Waals surface area contributed by atoms with E-state index in [9.17, 15) is 18.5 Å². The molecular weight excluding hydrogens is 262 g/mol. The van der Waals surface area contributed by atoms with Crippen molar-refractivity contribution in [2.24, 2.45) is 0 Å². The van der Waals surface area contributed by atoms with Gasteiger partial charge in [0.25, 0.3) is 15.8 Å². The summed E-state index contributed by atoms with van der Waals surface area (Å²) in [6.07, 6.45) is 0.157. The molecule has 0 aromatic heterocycles. The molecule has 18 heavy (non-hydrogen) atoms. The van der Waals surface area contributed by atoms with Crippen LogP contribution in [0.3, 0.4) is 0 Å². The highest BCUT2D eigenvalue weighted by Gasteiger charge is 2.30. The smallest absolute Gasteiger partial charge is 0.294 e. The summed E-state index contributed by atoms with van der Waals surface area (Å²) in [5.41, 5.74) is 0.329. The topological polar surface area (TPSA) is 110 Å². The number of nitro groups is 1. The molecule has 8 heteroatoms. The van der Waals surface area contributed by atoms with Crippen molar-refractivity contribution < 1.29 is 22.6 Å². The van der Waals surface area contributed by atoms with E-state index in [0.29, 0.717) is 6.61 Å². The molecule has 0 spiro atoms. The molecule has 1 heterocycles. The van der Waals surface area contributed by atoms with E-state index in [1.165, 1.54) is 6.92 Å². The molecule has 0 radical (unpaired) electrons. The molecule has 0 bridgehead atoms. The zero-order chi connectivity index (χ0) is 13.5. The summed E-state index contributed by atoms with van der Waals surface area (Å²) in [6.45, 7) is 1.94. The normalized spacial score (nSPS) is 18.7. The Morgan fingerprint density at radius 2 is 2.17 bits per heavy atom. The van der Waals surface area contributed by atoms with E-state index in [-0.39, 0.29) is 34.2 Å². The Bertz CT molecular complexity index is 605. The summed E-state index contributed by atoms with van der Waals surface area (Å²) in [4.78, 5) is 10.0. The van der Waals surface area contributed by atoms with E-state index in [1.54, 1.807) is 0 Å². The number of hydrogen-bond donors (Lipinski definition) is 1. The van der Waals surface area contributed by atoms with Crippen molar-refractivity contribution in [3.05, 3.63) is 33.4 Å². The predicted octanol–water partition coefficient (Wildman–Crippen LogP) is 1.09. The lowest BCUT2D eigenvalue weighted by molar-refractivity contribution is -0.385. The minimum absolute atomic E-state index is 0.112. The summed E-state index contributed by atoms with van der Waals surface area (Å²) >= 11 is 0. The van der Waals surface area contributed by atoms with Crippen LogP contribution in [0.25, 0.3) is 0 Å². The monoisotopic (exact) mass is 273 g/mol. The van der Waals surface area contributed by atoms with Gasteiger partial charge in [-0.1, -0.05) is 0 Å². The van der Waals surface area contributed by atoms with Gasteiger partial charge in [0.05, 0.1) is 22.5 Å². The van der Waals surface area contributed by atoms with Crippen LogP contribution in [0.15, 0.2) is 17.0 Å². The first-order valence-corrected chi connectivity index (χ1v) is 6.60. The summed E-state index contributed by atoms with van der Waals surface area (Å²) in [6, 6.07) is 2.13. The molecule has 1 aromatic carbocycles. The molecular formula is C10H11NO6S. The Balaban J connectivity index is 2.59. The second-order valence-electron chi connectivity index (χ2n) is 4.08. The maximum atomic E-state index is 11.1. The quantitative estimate of drug-likeness (QED) is 0.380.